The molecule has 2 N–H and O–H groups in total. The molecule has 0 spiro atoms. The topological polar surface area (TPSA) is 43.8 Å². The molecule has 0 saturated heterocycles. The third-order valence-corrected chi connectivity index (χ3v) is 2.61. The predicted octanol–water partition coefficient (Wildman–Crippen LogP) is 1.46. The van der Waals surface area contributed by atoms with Crippen LogP contribution in [0.4, 0.5) is 0 Å². The first-order chi connectivity index (χ1) is 5.90. The minimum Gasteiger partial charge on any atom is -0.334 e. The molecule has 0 unspecified atom stereocenters. The van der Waals surface area contributed by atoms with E-state index >= 15 is 0 Å². The molecular formula is C9H15N3. The molecule has 1 aromatic heterocycles. The molecule has 12 heavy (non-hydrogen) atoms. The highest BCUT2D eigenvalue weighted by Gasteiger charge is 2.16. The van der Waals surface area contributed by atoms with Crippen molar-refractivity contribution in [1.82, 2.24) is 9.55 Å². The molecular weight excluding hydrogens is 150 g/mol. The third-order valence-electron chi connectivity index (χ3n) is 2.61. The molecule has 0 atom stereocenters. The van der Waals surface area contributed by atoms with Crippen LogP contribution in [0.5, 0.6) is 0 Å². The zero-order valence-corrected chi connectivity index (χ0v) is 7.24. The Kier molecular flexibility index (Phi) is 2.13. The Hall–Kier alpha value is -0.830. The third kappa shape index (κ3) is 1.37. The number of rotatable bonds is 2. The van der Waals surface area contributed by atoms with Crippen LogP contribution in [0.3, 0.4) is 0 Å². The number of nitrogens with zero attached hydrogens (tertiary/aromatic N) is 2. The van der Waals surface area contributed by atoms with Crippen molar-refractivity contribution in [2.75, 3.05) is 0 Å². The Bertz CT molecular complexity index is 248. The summed E-state index contributed by atoms with van der Waals surface area (Å²) in [7, 11) is 0. The van der Waals surface area contributed by atoms with Gasteiger partial charge in [-0.3, -0.25) is 0 Å². The van der Waals surface area contributed by atoms with E-state index in [-0.39, 0.29) is 0 Å². The lowest BCUT2D eigenvalue weighted by Gasteiger charge is -2.09. The molecule has 0 bridgehead atoms. The van der Waals surface area contributed by atoms with Gasteiger partial charge in [0.1, 0.15) is 0 Å². The first kappa shape index (κ1) is 7.80. The number of nitrogens with two attached hydrogens (primary N) is 1. The highest BCUT2D eigenvalue weighted by molar-refractivity contribution is 4.97. The monoisotopic (exact) mass is 165 g/mol. The van der Waals surface area contributed by atoms with Gasteiger partial charge in [0, 0.05) is 18.8 Å². The van der Waals surface area contributed by atoms with Crippen LogP contribution < -0.4 is 5.73 Å². The van der Waals surface area contributed by atoms with Crippen LogP contribution in [0.2, 0.25) is 0 Å². The Balaban J connectivity index is 2.11. The molecule has 1 fully saturated rings. The lowest BCUT2D eigenvalue weighted by atomic mass is 10.2. The summed E-state index contributed by atoms with van der Waals surface area (Å²) in [4.78, 5) is 4.22. The van der Waals surface area contributed by atoms with E-state index < -0.39 is 0 Å². The van der Waals surface area contributed by atoms with Gasteiger partial charge in [0.05, 0.1) is 12.0 Å². The molecule has 66 valence electrons. The van der Waals surface area contributed by atoms with E-state index in [1.807, 2.05) is 6.33 Å². The molecule has 0 aromatic carbocycles. The average molecular weight is 165 g/mol. The molecule has 1 heterocycles. The second-order valence-electron chi connectivity index (χ2n) is 3.45. The van der Waals surface area contributed by atoms with Crippen molar-refractivity contribution in [2.24, 2.45) is 5.73 Å². The Morgan fingerprint density at radius 2 is 2.25 bits per heavy atom. The van der Waals surface area contributed by atoms with E-state index in [0.29, 0.717) is 12.6 Å². The lowest BCUT2D eigenvalue weighted by Crippen LogP contribution is -2.01. The van der Waals surface area contributed by atoms with Gasteiger partial charge in [0.2, 0.25) is 0 Å². The molecule has 3 nitrogen and oxygen atoms in total. The predicted molar refractivity (Wildman–Crippen MR) is 47.6 cm³/mol. The van der Waals surface area contributed by atoms with E-state index in [4.69, 9.17) is 5.73 Å². The largest absolute Gasteiger partial charge is 0.334 e. The van der Waals surface area contributed by atoms with E-state index in [0.717, 1.165) is 5.69 Å². The molecule has 1 aliphatic carbocycles. The number of hydrogen-bond donors (Lipinski definition) is 1. The zero-order chi connectivity index (χ0) is 8.39. The van der Waals surface area contributed by atoms with Crippen molar-refractivity contribution in [3.63, 3.8) is 0 Å². The van der Waals surface area contributed by atoms with Crippen LogP contribution in [-0.2, 0) is 6.54 Å². The van der Waals surface area contributed by atoms with Gasteiger partial charge in [0.25, 0.3) is 0 Å². The molecule has 0 radical (unpaired) electrons. The molecule has 2 rings (SSSR count). The molecule has 1 aromatic rings. The Labute approximate surface area is 72.6 Å². The fraction of sp³-hybridized carbons (Fsp3) is 0.667. The summed E-state index contributed by atoms with van der Waals surface area (Å²) in [5.74, 6) is 0. The van der Waals surface area contributed by atoms with Crippen LogP contribution in [0.1, 0.15) is 37.4 Å². The number of aromatic nitrogens is 2. The fourth-order valence-electron chi connectivity index (χ4n) is 1.89. The normalized spacial score (nSPS) is 18.8. The molecule has 1 aliphatic rings. The zero-order valence-electron chi connectivity index (χ0n) is 7.24. The maximum atomic E-state index is 5.49. The van der Waals surface area contributed by atoms with E-state index in [1.165, 1.54) is 25.7 Å². The van der Waals surface area contributed by atoms with Crippen LogP contribution in [-0.4, -0.2) is 9.55 Å². The van der Waals surface area contributed by atoms with Crippen molar-refractivity contribution in [3.05, 3.63) is 18.2 Å². The van der Waals surface area contributed by atoms with Crippen molar-refractivity contribution in [2.45, 2.75) is 38.3 Å². The molecule has 1 saturated carbocycles. The van der Waals surface area contributed by atoms with Crippen molar-refractivity contribution in [3.8, 4) is 0 Å². The summed E-state index contributed by atoms with van der Waals surface area (Å²) in [6, 6.07) is 0.692. The Morgan fingerprint density at radius 1 is 1.50 bits per heavy atom. The summed E-state index contributed by atoms with van der Waals surface area (Å²) in [5.41, 5.74) is 6.49. The highest BCUT2D eigenvalue weighted by atomic mass is 15.1. The van der Waals surface area contributed by atoms with Gasteiger partial charge in [-0.1, -0.05) is 12.8 Å². The lowest BCUT2D eigenvalue weighted by molar-refractivity contribution is 0.518. The van der Waals surface area contributed by atoms with E-state index in [1.54, 1.807) is 0 Å². The first-order valence-corrected chi connectivity index (χ1v) is 4.62. The van der Waals surface area contributed by atoms with Gasteiger partial charge in [-0.05, 0) is 12.8 Å². The fourth-order valence-corrected chi connectivity index (χ4v) is 1.89. The van der Waals surface area contributed by atoms with Crippen molar-refractivity contribution < 1.29 is 0 Å². The van der Waals surface area contributed by atoms with Crippen LogP contribution in [0.15, 0.2) is 12.5 Å². The van der Waals surface area contributed by atoms with Gasteiger partial charge in [-0.25, -0.2) is 4.98 Å². The van der Waals surface area contributed by atoms with E-state index in [2.05, 4.69) is 15.7 Å². The smallest absolute Gasteiger partial charge is 0.0952 e. The standard InChI is InChI=1S/C9H15N3/c10-5-8-6-12(7-11-8)9-3-1-2-4-9/h6-7,9H,1-5,10H2. The maximum absolute atomic E-state index is 5.49. The quantitative estimate of drug-likeness (QED) is 0.721. The number of hydrogen-bond acceptors (Lipinski definition) is 2. The molecule has 3 heteroatoms. The van der Waals surface area contributed by atoms with Crippen LogP contribution in [0.25, 0.3) is 0 Å². The van der Waals surface area contributed by atoms with Gasteiger partial charge in [-0.15, -0.1) is 0 Å². The minimum absolute atomic E-state index is 0.555. The van der Waals surface area contributed by atoms with Gasteiger partial charge in [0.15, 0.2) is 0 Å². The molecule has 0 amide bonds. The van der Waals surface area contributed by atoms with Gasteiger partial charge < -0.3 is 10.3 Å². The summed E-state index contributed by atoms with van der Waals surface area (Å²) in [6.07, 6.45) is 9.33. The van der Waals surface area contributed by atoms with Crippen molar-refractivity contribution >= 4 is 0 Å². The van der Waals surface area contributed by atoms with Crippen LogP contribution >= 0.6 is 0 Å². The van der Waals surface area contributed by atoms with E-state index in [9.17, 15) is 0 Å². The van der Waals surface area contributed by atoms with Crippen molar-refractivity contribution in [1.29, 1.82) is 0 Å². The minimum atomic E-state index is 0.555. The first-order valence-electron chi connectivity index (χ1n) is 4.62. The highest BCUT2D eigenvalue weighted by Crippen LogP contribution is 2.29. The summed E-state index contributed by atoms with van der Waals surface area (Å²) in [6.45, 7) is 0.555. The summed E-state index contributed by atoms with van der Waals surface area (Å²) >= 11 is 0. The Morgan fingerprint density at radius 3 is 2.83 bits per heavy atom. The number of imidazole rings is 1. The van der Waals surface area contributed by atoms with Gasteiger partial charge in [-0.2, -0.15) is 0 Å². The SMILES string of the molecule is NCc1cn(C2CCCC2)cn1. The summed E-state index contributed by atoms with van der Waals surface area (Å²) in [5, 5.41) is 0. The summed E-state index contributed by atoms with van der Waals surface area (Å²) < 4.78 is 2.22. The van der Waals surface area contributed by atoms with Gasteiger partial charge >= 0.3 is 0 Å². The second-order valence-corrected chi connectivity index (χ2v) is 3.45. The van der Waals surface area contributed by atoms with Crippen LogP contribution in [0, 0.1) is 0 Å². The second kappa shape index (κ2) is 3.27. The average Bonchev–Trinajstić information content (AvgIpc) is 2.75. The molecule has 0 aliphatic heterocycles. The maximum Gasteiger partial charge on any atom is 0.0952 e.